The van der Waals surface area contributed by atoms with Crippen LogP contribution >= 0.6 is 0 Å². The van der Waals surface area contributed by atoms with Gasteiger partial charge in [-0.2, -0.15) is 5.10 Å². The lowest BCUT2D eigenvalue weighted by molar-refractivity contribution is 0.468. The minimum absolute atomic E-state index is 0.243. The Morgan fingerprint density at radius 2 is 2.29 bits per heavy atom. The number of hydrogen-bond acceptors (Lipinski definition) is 3. The monoisotopic (exact) mass is 189 g/mol. The Balaban J connectivity index is 2.29. The Morgan fingerprint density at radius 1 is 1.50 bits per heavy atom. The maximum atomic E-state index is 9.48. The minimum Gasteiger partial charge on any atom is -0.506 e. The van der Waals surface area contributed by atoms with Gasteiger partial charge in [-0.05, 0) is 25.8 Å². The van der Waals surface area contributed by atoms with Gasteiger partial charge < -0.3 is 5.11 Å². The third-order valence-electron chi connectivity index (χ3n) is 2.63. The van der Waals surface area contributed by atoms with Gasteiger partial charge in [-0.1, -0.05) is 0 Å². The van der Waals surface area contributed by atoms with Crippen molar-refractivity contribution < 1.29 is 5.11 Å². The van der Waals surface area contributed by atoms with Crippen LogP contribution in [0.1, 0.15) is 24.6 Å². The zero-order valence-corrected chi connectivity index (χ0v) is 7.94. The third-order valence-corrected chi connectivity index (χ3v) is 2.63. The van der Waals surface area contributed by atoms with Crippen molar-refractivity contribution in [2.45, 2.75) is 25.8 Å². The summed E-state index contributed by atoms with van der Waals surface area (Å²) in [7, 11) is 0. The number of rotatable bonds is 1. The molecule has 4 nitrogen and oxygen atoms in total. The highest BCUT2D eigenvalue weighted by Gasteiger charge is 2.26. The van der Waals surface area contributed by atoms with Crippen molar-refractivity contribution in [3.63, 3.8) is 0 Å². The molecule has 72 valence electrons. The SMILES string of the molecule is Cc1nc2c(cnn2C2CC2)cc1O. The molecule has 1 aliphatic carbocycles. The normalized spacial score (nSPS) is 16.4. The fourth-order valence-corrected chi connectivity index (χ4v) is 1.64. The minimum atomic E-state index is 0.243. The van der Waals surface area contributed by atoms with E-state index in [0.29, 0.717) is 11.7 Å². The van der Waals surface area contributed by atoms with Crippen molar-refractivity contribution in [2.24, 2.45) is 0 Å². The summed E-state index contributed by atoms with van der Waals surface area (Å²) in [6.45, 7) is 1.80. The van der Waals surface area contributed by atoms with Crippen LogP contribution in [-0.2, 0) is 0 Å². The fourth-order valence-electron chi connectivity index (χ4n) is 1.64. The van der Waals surface area contributed by atoms with E-state index in [-0.39, 0.29) is 5.75 Å². The van der Waals surface area contributed by atoms with Gasteiger partial charge >= 0.3 is 0 Å². The van der Waals surface area contributed by atoms with Gasteiger partial charge in [0.15, 0.2) is 5.65 Å². The van der Waals surface area contributed by atoms with E-state index in [1.807, 2.05) is 4.68 Å². The number of pyridine rings is 1. The summed E-state index contributed by atoms with van der Waals surface area (Å²) < 4.78 is 1.96. The Morgan fingerprint density at radius 3 is 3.00 bits per heavy atom. The fraction of sp³-hybridized carbons (Fsp3) is 0.400. The van der Waals surface area contributed by atoms with Gasteiger partial charge in [0, 0.05) is 5.39 Å². The van der Waals surface area contributed by atoms with Crippen molar-refractivity contribution in [1.29, 1.82) is 0 Å². The van der Waals surface area contributed by atoms with Crippen LogP contribution in [0.3, 0.4) is 0 Å². The van der Waals surface area contributed by atoms with E-state index in [4.69, 9.17) is 0 Å². The topological polar surface area (TPSA) is 50.9 Å². The summed E-state index contributed by atoms with van der Waals surface area (Å²) in [6.07, 6.45) is 4.15. The number of hydrogen-bond donors (Lipinski definition) is 1. The number of aromatic hydroxyl groups is 1. The molecule has 2 aromatic rings. The van der Waals surface area contributed by atoms with Gasteiger partial charge in [0.1, 0.15) is 5.75 Å². The molecule has 4 heteroatoms. The van der Waals surface area contributed by atoms with Crippen LogP contribution in [0.4, 0.5) is 0 Å². The molecule has 1 saturated carbocycles. The Bertz CT molecular complexity index is 499. The van der Waals surface area contributed by atoms with Crippen LogP contribution in [0.5, 0.6) is 5.75 Å². The van der Waals surface area contributed by atoms with Crippen LogP contribution in [0, 0.1) is 6.92 Å². The molecule has 1 fully saturated rings. The van der Waals surface area contributed by atoms with Gasteiger partial charge in [0.25, 0.3) is 0 Å². The Hall–Kier alpha value is -1.58. The van der Waals surface area contributed by atoms with Crippen molar-refractivity contribution in [3.8, 4) is 5.75 Å². The Kier molecular flexibility index (Phi) is 1.37. The zero-order valence-electron chi connectivity index (χ0n) is 7.94. The third kappa shape index (κ3) is 0.999. The van der Waals surface area contributed by atoms with Crippen molar-refractivity contribution in [1.82, 2.24) is 14.8 Å². The van der Waals surface area contributed by atoms with E-state index in [2.05, 4.69) is 10.1 Å². The smallest absolute Gasteiger partial charge is 0.158 e. The molecule has 14 heavy (non-hydrogen) atoms. The van der Waals surface area contributed by atoms with Gasteiger partial charge in [-0.25, -0.2) is 9.67 Å². The second-order valence-corrected chi connectivity index (χ2v) is 3.83. The van der Waals surface area contributed by atoms with E-state index in [9.17, 15) is 5.11 Å². The predicted molar refractivity (Wildman–Crippen MR) is 52.2 cm³/mol. The van der Waals surface area contributed by atoms with Crippen LogP contribution in [0.2, 0.25) is 0 Å². The second kappa shape index (κ2) is 2.47. The zero-order chi connectivity index (χ0) is 9.71. The quantitative estimate of drug-likeness (QED) is 0.743. The molecular weight excluding hydrogens is 178 g/mol. The lowest BCUT2D eigenvalue weighted by atomic mass is 10.3. The lowest BCUT2D eigenvalue weighted by Gasteiger charge is -2.01. The van der Waals surface area contributed by atoms with Gasteiger partial charge in [-0.15, -0.1) is 0 Å². The molecule has 0 saturated heterocycles. The Labute approximate surface area is 81.2 Å². The molecule has 0 atom stereocenters. The first-order chi connectivity index (χ1) is 6.75. The van der Waals surface area contributed by atoms with E-state index in [1.54, 1.807) is 19.2 Å². The largest absolute Gasteiger partial charge is 0.506 e. The van der Waals surface area contributed by atoms with Crippen LogP contribution in [-0.4, -0.2) is 19.9 Å². The molecule has 0 aliphatic heterocycles. The number of nitrogens with zero attached hydrogens (tertiary/aromatic N) is 3. The molecule has 1 aliphatic rings. The summed E-state index contributed by atoms with van der Waals surface area (Å²) >= 11 is 0. The number of aryl methyl sites for hydroxylation is 1. The molecule has 3 rings (SSSR count). The summed E-state index contributed by atoms with van der Waals surface area (Å²) in [4.78, 5) is 4.35. The first-order valence-corrected chi connectivity index (χ1v) is 4.79. The predicted octanol–water partition coefficient (Wildman–Crippen LogP) is 1.78. The summed E-state index contributed by atoms with van der Waals surface area (Å²) in [5.41, 5.74) is 1.56. The maximum Gasteiger partial charge on any atom is 0.158 e. The highest BCUT2D eigenvalue weighted by atomic mass is 16.3. The van der Waals surface area contributed by atoms with E-state index in [1.165, 1.54) is 12.8 Å². The van der Waals surface area contributed by atoms with Crippen molar-refractivity contribution >= 4 is 11.0 Å². The molecular formula is C10H11N3O. The van der Waals surface area contributed by atoms with E-state index >= 15 is 0 Å². The molecule has 0 aromatic carbocycles. The molecule has 0 bridgehead atoms. The van der Waals surface area contributed by atoms with Gasteiger partial charge in [-0.3, -0.25) is 0 Å². The van der Waals surface area contributed by atoms with Gasteiger partial charge in [0.2, 0.25) is 0 Å². The molecule has 2 aromatic heterocycles. The summed E-state index contributed by atoms with van der Waals surface area (Å²) in [5, 5.41) is 14.7. The summed E-state index contributed by atoms with van der Waals surface area (Å²) in [5.74, 6) is 0.243. The van der Waals surface area contributed by atoms with Crippen LogP contribution < -0.4 is 0 Å². The van der Waals surface area contributed by atoms with Gasteiger partial charge in [0.05, 0.1) is 17.9 Å². The molecule has 1 N–H and O–H groups in total. The summed E-state index contributed by atoms with van der Waals surface area (Å²) in [6, 6.07) is 2.26. The van der Waals surface area contributed by atoms with Crippen molar-refractivity contribution in [2.75, 3.05) is 0 Å². The maximum absolute atomic E-state index is 9.48. The number of fused-ring (bicyclic) bond motifs is 1. The highest BCUT2D eigenvalue weighted by Crippen LogP contribution is 2.36. The first kappa shape index (κ1) is 7.79. The average molecular weight is 189 g/mol. The highest BCUT2D eigenvalue weighted by molar-refractivity contribution is 5.76. The standard InChI is InChI=1S/C10H11N3O/c1-6-9(14)4-7-5-11-13(8-2-3-8)10(7)12-6/h4-5,8,14H,2-3H2,1H3. The van der Waals surface area contributed by atoms with Crippen molar-refractivity contribution in [3.05, 3.63) is 18.0 Å². The van der Waals surface area contributed by atoms with E-state index < -0.39 is 0 Å². The van der Waals surface area contributed by atoms with Crippen LogP contribution in [0.25, 0.3) is 11.0 Å². The molecule has 0 unspecified atom stereocenters. The number of aromatic nitrogens is 3. The molecule has 0 amide bonds. The lowest BCUT2D eigenvalue weighted by Crippen LogP contribution is -1.97. The molecule has 0 spiro atoms. The molecule has 0 radical (unpaired) electrons. The van der Waals surface area contributed by atoms with E-state index in [0.717, 1.165) is 11.0 Å². The molecule has 2 heterocycles. The average Bonchev–Trinajstić information content (AvgIpc) is 2.91. The van der Waals surface area contributed by atoms with Crippen LogP contribution in [0.15, 0.2) is 12.3 Å². The second-order valence-electron chi connectivity index (χ2n) is 3.83. The first-order valence-electron chi connectivity index (χ1n) is 4.79.